The molecule has 0 aliphatic heterocycles. The summed E-state index contributed by atoms with van der Waals surface area (Å²) >= 11 is 0. The van der Waals surface area contributed by atoms with E-state index in [1.165, 1.54) is 6.42 Å². The lowest BCUT2D eigenvalue weighted by molar-refractivity contribution is -0.113. The minimum Gasteiger partial charge on any atom is -0.382 e. The number of nitrogens with one attached hydrogen (secondary N) is 1. The van der Waals surface area contributed by atoms with E-state index in [-0.39, 0.29) is 5.91 Å². The molecule has 0 bridgehead atoms. The molecule has 1 aromatic heterocycles. The van der Waals surface area contributed by atoms with Gasteiger partial charge in [-0.05, 0) is 37.8 Å². The smallest absolute Gasteiger partial charge is 0.251 e. The summed E-state index contributed by atoms with van der Waals surface area (Å²) in [7, 11) is 0. The Balaban J connectivity index is 2.07. The van der Waals surface area contributed by atoms with Gasteiger partial charge >= 0.3 is 0 Å². The van der Waals surface area contributed by atoms with Crippen molar-refractivity contribution in [2.75, 3.05) is 11.1 Å². The molecule has 0 radical (unpaired) electrons. The predicted molar refractivity (Wildman–Crippen MR) is 63.8 cm³/mol. The Hall–Kier alpha value is -1.84. The van der Waals surface area contributed by atoms with Crippen molar-refractivity contribution >= 4 is 17.4 Å². The van der Waals surface area contributed by atoms with Gasteiger partial charge in [-0.25, -0.2) is 4.98 Å². The van der Waals surface area contributed by atoms with E-state index in [4.69, 9.17) is 5.73 Å². The molecule has 0 aromatic carbocycles. The molecule has 0 unspecified atom stereocenters. The second-order valence-electron chi connectivity index (χ2n) is 3.87. The van der Waals surface area contributed by atoms with Crippen LogP contribution in [0.25, 0.3) is 0 Å². The number of nitrogen functional groups attached to an aromatic ring is 1. The SMILES string of the molecule is Nc1ncccc1NC(=O)C1=CCCCC1. The van der Waals surface area contributed by atoms with Gasteiger partial charge in [0.15, 0.2) is 0 Å². The Labute approximate surface area is 94.6 Å². The zero-order chi connectivity index (χ0) is 11.4. The van der Waals surface area contributed by atoms with Crippen LogP contribution in [0.15, 0.2) is 30.0 Å². The number of hydrogen-bond acceptors (Lipinski definition) is 3. The van der Waals surface area contributed by atoms with Gasteiger partial charge in [0.1, 0.15) is 5.82 Å². The second kappa shape index (κ2) is 4.79. The van der Waals surface area contributed by atoms with Gasteiger partial charge in [-0.2, -0.15) is 0 Å². The summed E-state index contributed by atoms with van der Waals surface area (Å²) in [5, 5.41) is 2.79. The van der Waals surface area contributed by atoms with E-state index in [0.29, 0.717) is 11.5 Å². The Morgan fingerprint density at radius 3 is 3.00 bits per heavy atom. The summed E-state index contributed by atoms with van der Waals surface area (Å²) < 4.78 is 0. The minimum atomic E-state index is -0.0561. The number of hydrogen-bond donors (Lipinski definition) is 2. The lowest BCUT2D eigenvalue weighted by Gasteiger charge is -2.13. The fourth-order valence-corrected chi connectivity index (χ4v) is 1.77. The number of nitrogens with zero attached hydrogens (tertiary/aromatic N) is 1. The molecule has 0 spiro atoms. The maximum absolute atomic E-state index is 11.9. The molecular formula is C12H15N3O. The predicted octanol–water partition coefficient (Wildman–Crippen LogP) is 2.10. The molecule has 0 saturated carbocycles. The molecule has 4 heteroatoms. The van der Waals surface area contributed by atoms with Crippen LogP contribution in [0.1, 0.15) is 25.7 Å². The van der Waals surface area contributed by atoms with Gasteiger partial charge in [-0.15, -0.1) is 0 Å². The van der Waals surface area contributed by atoms with Crippen LogP contribution in [0, 0.1) is 0 Å². The molecule has 1 aliphatic carbocycles. The highest BCUT2D eigenvalue weighted by Gasteiger charge is 2.13. The van der Waals surface area contributed by atoms with E-state index < -0.39 is 0 Å². The number of pyridine rings is 1. The van der Waals surface area contributed by atoms with E-state index >= 15 is 0 Å². The molecule has 4 nitrogen and oxygen atoms in total. The maximum Gasteiger partial charge on any atom is 0.251 e. The van der Waals surface area contributed by atoms with Crippen molar-refractivity contribution in [2.24, 2.45) is 0 Å². The van der Waals surface area contributed by atoms with Crippen LogP contribution < -0.4 is 11.1 Å². The van der Waals surface area contributed by atoms with E-state index in [9.17, 15) is 4.79 Å². The first-order valence-corrected chi connectivity index (χ1v) is 5.48. The third-order valence-corrected chi connectivity index (χ3v) is 2.67. The Morgan fingerprint density at radius 2 is 2.31 bits per heavy atom. The zero-order valence-corrected chi connectivity index (χ0v) is 9.07. The van der Waals surface area contributed by atoms with Gasteiger partial charge < -0.3 is 11.1 Å². The Morgan fingerprint density at radius 1 is 1.44 bits per heavy atom. The number of carbonyl (C=O) groups excluding carboxylic acids is 1. The summed E-state index contributed by atoms with van der Waals surface area (Å²) in [5.74, 6) is 0.298. The van der Waals surface area contributed by atoms with Gasteiger partial charge in [0.25, 0.3) is 5.91 Å². The van der Waals surface area contributed by atoms with Crippen molar-refractivity contribution < 1.29 is 4.79 Å². The Kier molecular flexibility index (Phi) is 3.19. The molecule has 2 rings (SSSR count). The molecule has 1 aromatic rings. The summed E-state index contributed by atoms with van der Waals surface area (Å²) in [4.78, 5) is 15.8. The maximum atomic E-state index is 11.9. The molecule has 1 amide bonds. The fourth-order valence-electron chi connectivity index (χ4n) is 1.77. The fraction of sp³-hybridized carbons (Fsp3) is 0.333. The van der Waals surface area contributed by atoms with Crippen LogP contribution in [0.5, 0.6) is 0 Å². The monoisotopic (exact) mass is 217 g/mol. The van der Waals surface area contributed by atoms with Crippen molar-refractivity contribution in [3.63, 3.8) is 0 Å². The van der Waals surface area contributed by atoms with Gasteiger partial charge in [0.05, 0.1) is 5.69 Å². The summed E-state index contributed by atoms with van der Waals surface area (Å²) in [6.45, 7) is 0. The number of aromatic nitrogens is 1. The highest BCUT2D eigenvalue weighted by molar-refractivity contribution is 6.04. The topological polar surface area (TPSA) is 68.0 Å². The quantitative estimate of drug-likeness (QED) is 0.797. The third-order valence-electron chi connectivity index (χ3n) is 2.67. The van der Waals surface area contributed by atoms with Crippen molar-refractivity contribution in [1.29, 1.82) is 0 Å². The first-order valence-electron chi connectivity index (χ1n) is 5.48. The molecule has 0 fully saturated rings. The van der Waals surface area contributed by atoms with Gasteiger partial charge in [-0.3, -0.25) is 4.79 Å². The summed E-state index contributed by atoms with van der Waals surface area (Å²) in [5.41, 5.74) is 7.09. The van der Waals surface area contributed by atoms with Gasteiger partial charge in [0, 0.05) is 11.8 Å². The molecule has 1 heterocycles. The minimum absolute atomic E-state index is 0.0561. The number of allylic oxidation sites excluding steroid dienone is 1. The number of anilines is 2. The average molecular weight is 217 g/mol. The molecular weight excluding hydrogens is 202 g/mol. The molecule has 0 atom stereocenters. The molecule has 84 valence electrons. The summed E-state index contributed by atoms with van der Waals surface area (Å²) in [6, 6.07) is 3.50. The van der Waals surface area contributed by atoms with Crippen LogP contribution in [-0.2, 0) is 4.79 Å². The molecule has 16 heavy (non-hydrogen) atoms. The van der Waals surface area contributed by atoms with Crippen LogP contribution in [0.3, 0.4) is 0 Å². The largest absolute Gasteiger partial charge is 0.382 e. The highest BCUT2D eigenvalue weighted by Crippen LogP contribution is 2.20. The van der Waals surface area contributed by atoms with Crippen molar-refractivity contribution in [3.05, 3.63) is 30.0 Å². The van der Waals surface area contributed by atoms with E-state index in [2.05, 4.69) is 10.3 Å². The average Bonchev–Trinajstić information content (AvgIpc) is 2.33. The molecule has 1 aliphatic rings. The first kappa shape index (κ1) is 10.7. The van der Waals surface area contributed by atoms with Crippen LogP contribution in [0.4, 0.5) is 11.5 Å². The van der Waals surface area contributed by atoms with Crippen molar-refractivity contribution in [3.8, 4) is 0 Å². The second-order valence-corrected chi connectivity index (χ2v) is 3.87. The lowest BCUT2D eigenvalue weighted by Crippen LogP contribution is -2.17. The molecule has 3 N–H and O–H groups in total. The van der Waals surface area contributed by atoms with Crippen LogP contribution >= 0.6 is 0 Å². The first-order chi connectivity index (χ1) is 7.77. The number of amides is 1. The van der Waals surface area contributed by atoms with Crippen molar-refractivity contribution in [2.45, 2.75) is 25.7 Å². The number of nitrogens with two attached hydrogens (primary N) is 1. The third kappa shape index (κ3) is 2.39. The zero-order valence-electron chi connectivity index (χ0n) is 9.07. The summed E-state index contributed by atoms with van der Waals surface area (Å²) in [6.07, 6.45) is 7.71. The van der Waals surface area contributed by atoms with Crippen molar-refractivity contribution in [1.82, 2.24) is 4.98 Å². The number of carbonyl (C=O) groups is 1. The lowest BCUT2D eigenvalue weighted by atomic mass is 9.99. The van der Waals surface area contributed by atoms with Crippen LogP contribution in [0.2, 0.25) is 0 Å². The van der Waals surface area contributed by atoms with Gasteiger partial charge in [0.2, 0.25) is 0 Å². The van der Waals surface area contributed by atoms with Crippen LogP contribution in [-0.4, -0.2) is 10.9 Å². The Bertz CT molecular complexity index is 426. The molecule has 0 saturated heterocycles. The van der Waals surface area contributed by atoms with E-state index in [1.54, 1.807) is 18.3 Å². The standard InChI is InChI=1S/C12H15N3O/c13-11-10(7-4-8-14-11)15-12(16)9-5-2-1-3-6-9/h4-5,7-8H,1-3,6H2,(H2,13,14)(H,15,16). The highest BCUT2D eigenvalue weighted by atomic mass is 16.1. The van der Waals surface area contributed by atoms with Gasteiger partial charge in [-0.1, -0.05) is 6.08 Å². The van der Waals surface area contributed by atoms with E-state index in [1.807, 2.05) is 6.08 Å². The number of rotatable bonds is 2. The normalized spacial score (nSPS) is 15.4. The van der Waals surface area contributed by atoms with E-state index in [0.717, 1.165) is 24.8 Å².